The molecule has 5 heteroatoms. The normalized spacial score (nSPS) is 15.9. The van der Waals surface area contributed by atoms with Crippen LogP contribution in [0.3, 0.4) is 0 Å². The number of hydrogen-bond acceptors (Lipinski definition) is 3. The molecule has 0 atom stereocenters. The zero-order chi connectivity index (χ0) is 17.0. The van der Waals surface area contributed by atoms with Crippen LogP contribution in [0.15, 0.2) is 36.9 Å². The average molecular weight is 316 g/mol. The fraction of sp³-hybridized carbons (Fsp3) is 0.444. The second-order valence-electron chi connectivity index (χ2n) is 6.28. The van der Waals surface area contributed by atoms with E-state index >= 15 is 0 Å². The molecule has 0 radical (unpaired) electrons. The van der Waals surface area contributed by atoms with E-state index in [1.54, 1.807) is 4.90 Å². The highest BCUT2D eigenvalue weighted by Crippen LogP contribution is 2.29. The Labute approximate surface area is 137 Å². The summed E-state index contributed by atoms with van der Waals surface area (Å²) in [5.41, 5.74) is 0.492. The summed E-state index contributed by atoms with van der Waals surface area (Å²) in [6, 6.07) is 7.74. The molecule has 2 amide bonds. The van der Waals surface area contributed by atoms with Crippen LogP contribution in [0, 0.1) is 0 Å². The van der Waals surface area contributed by atoms with Crippen LogP contribution in [0.1, 0.15) is 26.3 Å². The number of amides is 2. The van der Waals surface area contributed by atoms with Gasteiger partial charge in [-0.05, 0) is 32.9 Å². The molecule has 124 valence electrons. The second kappa shape index (κ2) is 6.86. The lowest BCUT2D eigenvalue weighted by Crippen LogP contribution is -2.47. The highest BCUT2D eigenvalue weighted by Gasteiger charge is 2.32. The number of nitrogens with zero attached hydrogens (tertiary/aromatic N) is 2. The monoisotopic (exact) mass is 316 g/mol. The Kier molecular flexibility index (Phi) is 5.08. The van der Waals surface area contributed by atoms with E-state index in [1.807, 2.05) is 45.0 Å². The van der Waals surface area contributed by atoms with Crippen LogP contribution in [0.2, 0.25) is 0 Å². The topological polar surface area (TPSA) is 49.9 Å². The first kappa shape index (κ1) is 17.1. The maximum atomic E-state index is 12.7. The minimum atomic E-state index is -0.484. The molecule has 1 aromatic rings. The lowest BCUT2D eigenvalue weighted by atomic mass is 10.1. The summed E-state index contributed by atoms with van der Waals surface area (Å²) in [6.07, 6.45) is 1.24. The molecule has 1 aliphatic heterocycles. The lowest BCUT2D eigenvalue weighted by molar-refractivity contribution is -0.139. The number of hydrogen-bond donors (Lipinski definition) is 0. The van der Waals surface area contributed by atoms with Gasteiger partial charge in [0.25, 0.3) is 0 Å². The van der Waals surface area contributed by atoms with E-state index in [1.165, 1.54) is 11.0 Å². The van der Waals surface area contributed by atoms with Crippen LogP contribution < -0.4 is 4.74 Å². The van der Waals surface area contributed by atoms with Gasteiger partial charge in [-0.3, -0.25) is 9.59 Å². The molecule has 2 rings (SSSR count). The summed E-state index contributed by atoms with van der Waals surface area (Å²) in [5, 5.41) is 0. The Bertz CT molecular complexity index is 610. The molecule has 0 saturated carbocycles. The quantitative estimate of drug-likeness (QED) is 0.800. The van der Waals surface area contributed by atoms with Gasteiger partial charge >= 0.3 is 0 Å². The van der Waals surface area contributed by atoms with Gasteiger partial charge in [0.2, 0.25) is 11.8 Å². The molecular weight excluding hydrogens is 292 g/mol. The summed E-state index contributed by atoms with van der Waals surface area (Å²) in [6.45, 7) is 10.7. The first-order valence-corrected chi connectivity index (χ1v) is 7.82. The maximum Gasteiger partial charge on any atom is 0.246 e. The van der Waals surface area contributed by atoms with Crippen molar-refractivity contribution in [2.24, 2.45) is 0 Å². The Morgan fingerprint density at radius 2 is 2.09 bits per heavy atom. The van der Waals surface area contributed by atoms with Crippen molar-refractivity contribution in [3.63, 3.8) is 0 Å². The van der Waals surface area contributed by atoms with Crippen molar-refractivity contribution in [2.45, 2.75) is 32.9 Å². The highest BCUT2D eigenvalue weighted by molar-refractivity contribution is 5.90. The molecule has 0 aliphatic carbocycles. The zero-order valence-electron chi connectivity index (χ0n) is 14.0. The first-order chi connectivity index (χ1) is 10.9. The summed E-state index contributed by atoms with van der Waals surface area (Å²) < 4.78 is 6.03. The van der Waals surface area contributed by atoms with E-state index in [-0.39, 0.29) is 18.4 Å². The number of benzene rings is 1. The summed E-state index contributed by atoms with van der Waals surface area (Å²) in [4.78, 5) is 27.7. The van der Waals surface area contributed by atoms with Crippen LogP contribution >= 0.6 is 0 Å². The van der Waals surface area contributed by atoms with Gasteiger partial charge < -0.3 is 14.5 Å². The molecule has 0 saturated heterocycles. The van der Waals surface area contributed by atoms with Crippen LogP contribution in [0.25, 0.3) is 0 Å². The van der Waals surface area contributed by atoms with Gasteiger partial charge in [0, 0.05) is 18.7 Å². The minimum absolute atomic E-state index is 0.0552. The van der Waals surface area contributed by atoms with Gasteiger partial charge in [-0.15, -0.1) is 0 Å². The van der Waals surface area contributed by atoms with Crippen molar-refractivity contribution < 1.29 is 14.3 Å². The SMILES string of the molecule is C=CC(=O)N(CC)CC(=O)N1Cc2ccccc2OC(C)(C)C1. The van der Waals surface area contributed by atoms with Gasteiger partial charge in [-0.25, -0.2) is 0 Å². The van der Waals surface area contributed by atoms with E-state index in [0.717, 1.165) is 11.3 Å². The Morgan fingerprint density at radius 1 is 1.39 bits per heavy atom. The maximum absolute atomic E-state index is 12.7. The van der Waals surface area contributed by atoms with Crippen molar-refractivity contribution in [1.82, 2.24) is 9.80 Å². The molecule has 1 aromatic carbocycles. The van der Waals surface area contributed by atoms with E-state index in [9.17, 15) is 9.59 Å². The predicted octanol–water partition coefficient (Wildman–Crippen LogP) is 2.22. The summed E-state index contributed by atoms with van der Waals surface area (Å²) in [7, 11) is 0. The smallest absolute Gasteiger partial charge is 0.246 e. The Balaban J connectivity index is 2.19. The third-order valence-electron chi connectivity index (χ3n) is 3.84. The highest BCUT2D eigenvalue weighted by atomic mass is 16.5. The standard InChI is InChI=1S/C18H24N2O3/c1-5-16(21)19(6-2)12-17(22)20-11-14-9-7-8-10-15(14)23-18(3,4)13-20/h5,7-10H,1,6,11-13H2,2-4H3. The van der Waals surface area contributed by atoms with Crippen molar-refractivity contribution >= 4 is 11.8 Å². The van der Waals surface area contributed by atoms with Crippen LogP contribution in [0.4, 0.5) is 0 Å². The molecule has 0 unspecified atom stereocenters. The fourth-order valence-electron chi connectivity index (χ4n) is 2.70. The van der Waals surface area contributed by atoms with E-state index < -0.39 is 5.60 Å². The number of carbonyl (C=O) groups excluding carboxylic acids is 2. The van der Waals surface area contributed by atoms with Gasteiger partial charge in [0.1, 0.15) is 17.9 Å². The molecule has 0 fully saturated rings. The van der Waals surface area contributed by atoms with Crippen molar-refractivity contribution in [1.29, 1.82) is 0 Å². The van der Waals surface area contributed by atoms with Gasteiger partial charge in [0.15, 0.2) is 0 Å². The zero-order valence-corrected chi connectivity index (χ0v) is 14.0. The van der Waals surface area contributed by atoms with Crippen molar-refractivity contribution in [3.8, 4) is 5.75 Å². The molecule has 1 heterocycles. The molecule has 0 spiro atoms. The molecule has 23 heavy (non-hydrogen) atoms. The molecule has 0 aromatic heterocycles. The lowest BCUT2D eigenvalue weighted by Gasteiger charge is -2.31. The number of ether oxygens (including phenoxy) is 1. The molecule has 5 nitrogen and oxygen atoms in total. The van der Waals surface area contributed by atoms with Crippen LogP contribution in [-0.4, -0.2) is 46.8 Å². The summed E-state index contributed by atoms with van der Waals surface area (Å²) in [5.74, 6) is 0.490. The molecule has 1 aliphatic rings. The van der Waals surface area contributed by atoms with E-state index in [2.05, 4.69) is 6.58 Å². The van der Waals surface area contributed by atoms with Gasteiger partial charge in [0.05, 0.1) is 6.54 Å². The van der Waals surface area contributed by atoms with Crippen molar-refractivity contribution in [3.05, 3.63) is 42.5 Å². The largest absolute Gasteiger partial charge is 0.486 e. The van der Waals surface area contributed by atoms with Gasteiger partial charge in [-0.2, -0.15) is 0 Å². The van der Waals surface area contributed by atoms with Crippen LogP contribution in [0.5, 0.6) is 5.75 Å². The Morgan fingerprint density at radius 3 is 2.74 bits per heavy atom. The molecular formula is C18H24N2O3. The van der Waals surface area contributed by atoms with Gasteiger partial charge in [-0.1, -0.05) is 24.8 Å². The Hall–Kier alpha value is -2.30. The molecule has 0 bridgehead atoms. The predicted molar refractivity (Wildman–Crippen MR) is 89.0 cm³/mol. The second-order valence-corrected chi connectivity index (χ2v) is 6.28. The first-order valence-electron chi connectivity index (χ1n) is 7.82. The third-order valence-corrected chi connectivity index (χ3v) is 3.84. The molecule has 0 N–H and O–H groups in total. The summed E-state index contributed by atoms with van der Waals surface area (Å²) >= 11 is 0. The number of likely N-dealkylation sites (N-methyl/N-ethyl adjacent to an activating group) is 1. The fourth-order valence-corrected chi connectivity index (χ4v) is 2.70. The number of rotatable bonds is 4. The minimum Gasteiger partial charge on any atom is -0.486 e. The van der Waals surface area contributed by atoms with E-state index in [0.29, 0.717) is 19.6 Å². The third kappa shape index (κ3) is 4.12. The van der Waals surface area contributed by atoms with Crippen LogP contribution in [-0.2, 0) is 16.1 Å². The number of fused-ring (bicyclic) bond motifs is 1. The number of para-hydroxylation sites is 1. The number of carbonyl (C=O) groups is 2. The average Bonchev–Trinajstić information content (AvgIpc) is 2.65. The van der Waals surface area contributed by atoms with Crippen molar-refractivity contribution in [2.75, 3.05) is 19.6 Å². The van der Waals surface area contributed by atoms with E-state index in [4.69, 9.17) is 4.74 Å².